The molecular weight excluding hydrogens is 204 g/mol. The van der Waals surface area contributed by atoms with Gasteiger partial charge in [-0.1, -0.05) is 0 Å². The minimum atomic E-state index is -3.29. The van der Waals surface area contributed by atoms with Crippen LogP contribution in [0, 0.1) is 0 Å². The molecule has 1 fully saturated rings. The van der Waals surface area contributed by atoms with Crippen LogP contribution in [0.3, 0.4) is 0 Å². The SMILES string of the molecule is CC(C(=O)N1CC[C@H](N)C1)S(C)(=O)=O. The van der Waals surface area contributed by atoms with Crippen LogP contribution in [0.15, 0.2) is 0 Å². The van der Waals surface area contributed by atoms with Gasteiger partial charge in [0.2, 0.25) is 5.91 Å². The number of hydrogen-bond donors (Lipinski definition) is 1. The highest BCUT2D eigenvalue weighted by Gasteiger charge is 2.31. The Bertz CT molecular complexity index is 325. The van der Waals surface area contributed by atoms with Crippen LogP contribution < -0.4 is 5.73 Å². The third-order valence-electron chi connectivity index (χ3n) is 2.53. The molecule has 0 aromatic rings. The van der Waals surface area contributed by atoms with Gasteiger partial charge in [0.15, 0.2) is 9.84 Å². The van der Waals surface area contributed by atoms with E-state index in [2.05, 4.69) is 0 Å². The van der Waals surface area contributed by atoms with Crippen LogP contribution in [0.25, 0.3) is 0 Å². The van der Waals surface area contributed by atoms with Crippen molar-refractivity contribution in [2.45, 2.75) is 24.6 Å². The summed E-state index contributed by atoms with van der Waals surface area (Å²) in [5, 5.41) is -0.951. The van der Waals surface area contributed by atoms with E-state index in [1.54, 1.807) is 0 Å². The van der Waals surface area contributed by atoms with Crippen LogP contribution in [-0.2, 0) is 14.6 Å². The smallest absolute Gasteiger partial charge is 0.240 e. The summed E-state index contributed by atoms with van der Waals surface area (Å²) in [5.41, 5.74) is 5.63. The Kier molecular flexibility index (Phi) is 3.16. The summed E-state index contributed by atoms with van der Waals surface area (Å²) in [5.74, 6) is -0.333. The first-order chi connectivity index (χ1) is 6.32. The molecule has 1 amide bonds. The van der Waals surface area contributed by atoms with Crippen molar-refractivity contribution < 1.29 is 13.2 Å². The van der Waals surface area contributed by atoms with Crippen molar-refractivity contribution in [3.8, 4) is 0 Å². The number of nitrogens with two attached hydrogens (primary N) is 1. The molecule has 0 aliphatic carbocycles. The van der Waals surface area contributed by atoms with E-state index in [1.807, 2.05) is 0 Å². The number of amides is 1. The summed E-state index contributed by atoms with van der Waals surface area (Å²) in [7, 11) is -3.29. The number of carbonyl (C=O) groups excluding carboxylic acids is 1. The molecule has 1 unspecified atom stereocenters. The van der Waals surface area contributed by atoms with Gasteiger partial charge in [-0.3, -0.25) is 4.79 Å². The fourth-order valence-electron chi connectivity index (χ4n) is 1.43. The van der Waals surface area contributed by atoms with E-state index in [1.165, 1.54) is 11.8 Å². The molecule has 0 bridgehead atoms. The molecule has 1 rings (SSSR count). The zero-order valence-corrected chi connectivity index (χ0v) is 9.25. The standard InChI is InChI=1S/C8H16N2O3S/c1-6(14(2,12)13)8(11)10-4-3-7(9)5-10/h6-7H,3-5,9H2,1-2H3/t6?,7-/m0/s1. The van der Waals surface area contributed by atoms with Gasteiger partial charge in [0, 0.05) is 25.4 Å². The lowest BCUT2D eigenvalue weighted by Gasteiger charge is -2.19. The molecule has 6 heteroatoms. The number of carbonyl (C=O) groups is 1. The highest BCUT2D eigenvalue weighted by atomic mass is 32.2. The molecule has 0 spiro atoms. The molecule has 2 N–H and O–H groups in total. The van der Waals surface area contributed by atoms with E-state index in [-0.39, 0.29) is 11.9 Å². The minimum Gasteiger partial charge on any atom is -0.340 e. The maximum atomic E-state index is 11.6. The lowest BCUT2D eigenvalue weighted by Crippen LogP contribution is -2.41. The average Bonchev–Trinajstić information content (AvgIpc) is 2.47. The zero-order chi connectivity index (χ0) is 10.9. The molecule has 0 aromatic carbocycles. The topological polar surface area (TPSA) is 80.5 Å². The van der Waals surface area contributed by atoms with E-state index in [4.69, 9.17) is 5.73 Å². The second kappa shape index (κ2) is 3.86. The van der Waals surface area contributed by atoms with E-state index in [9.17, 15) is 13.2 Å². The van der Waals surface area contributed by atoms with Crippen molar-refractivity contribution in [3.05, 3.63) is 0 Å². The van der Waals surface area contributed by atoms with E-state index < -0.39 is 15.1 Å². The number of likely N-dealkylation sites (tertiary alicyclic amines) is 1. The Morgan fingerprint density at radius 2 is 2.14 bits per heavy atom. The van der Waals surface area contributed by atoms with Gasteiger partial charge in [0.25, 0.3) is 0 Å². The Morgan fingerprint density at radius 1 is 1.57 bits per heavy atom. The van der Waals surface area contributed by atoms with Gasteiger partial charge >= 0.3 is 0 Å². The third-order valence-corrected chi connectivity index (χ3v) is 4.01. The Morgan fingerprint density at radius 3 is 2.50 bits per heavy atom. The molecule has 0 radical (unpaired) electrons. The number of sulfone groups is 1. The lowest BCUT2D eigenvalue weighted by atomic mass is 10.3. The van der Waals surface area contributed by atoms with Crippen molar-refractivity contribution in [2.24, 2.45) is 5.73 Å². The first-order valence-electron chi connectivity index (χ1n) is 4.55. The summed E-state index contributed by atoms with van der Waals surface area (Å²) in [6.45, 7) is 2.46. The second-order valence-electron chi connectivity index (χ2n) is 3.80. The summed E-state index contributed by atoms with van der Waals surface area (Å²) >= 11 is 0. The van der Waals surface area contributed by atoms with Gasteiger partial charge in [0.05, 0.1) is 0 Å². The highest BCUT2D eigenvalue weighted by Crippen LogP contribution is 2.11. The monoisotopic (exact) mass is 220 g/mol. The lowest BCUT2D eigenvalue weighted by molar-refractivity contribution is -0.129. The van der Waals surface area contributed by atoms with Crippen LogP contribution >= 0.6 is 0 Å². The summed E-state index contributed by atoms with van der Waals surface area (Å²) in [4.78, 5) is 13.2. The van der Waals surface area contributed by atoms with E-state index in [0.29, 0.717) is 13.1 Å². The fourth-order valence-corrected chi connectivity index (χ4v) is 1.94. The van der Waals surface area contributed by atoms with Crippen molar-refractivity contribution in [1.82, 2.24) is 4.90 Å². The molecule has 1 saturated heterocycles. The molecule has 1 heterocycles. The van der Waals surface area contributed by atoms with Gasteiger partial charge in [-0.15, -0.1) is 0 Å². The van der Waals surface area contributed by atoms with Crippen LogP contribution in [0.2, 0.25) is 0 Å². The number of rotatable bonds is 2. The normalized spacial score (nSPS) is 25.1. The summed E-state index contributed by atoms with van der Waals surface area (Å²) in [6, 6.07) is -0.00860. The second-order valence-corrected chi connectivity index (χ2v) is 6.17. The van der Waals surface area contributed by atoms with Gasteiger partial charge in [-0.2, -0.15) is 0 Å². The molecule has 14 heavy (non-hydrogen) atoms. The highest BCUT2D eigenvalue weighted by molar-refractivity contribution is 7.92. The minimum absolute atomic E-state index is 0.00860. The van der Waals surface area contributed by atoms with Crippen LogP contribution in [0.1, 0.15) is 13.3 Å². The van der Waals surface area contributed by atoms with Gasteiger partial charge < -0.3 is 10.6 Å². The molecule has 1 aliphatic rings. The van der Waals surface area contributed by atoms with Crippen LogP contribution in [0.4, 0.5) is 0 Å². The predicted octanol–water partition coefficient (Wildman–Crippen LogP) is -1.02. The molecular formula is C8H16N2O3S. The van der Waals surface area contributed by atoms with Gasteiger partial charge in [-0.25, -0.2) is 8.42 Å². The Labute approximate surface area is 84.2 Å². The third kappa shape index (κ3) is 2.45. The van der Waals surface area contributed by atoms with E-state index >= 15 is 0 Å². The molecule has 5 nitrogen and oxygen atoms in total. The quantitative estimate of drug-likeness (QED) is 0.646. The van der Waals surface area contributed by atoms with Crippen LogP contribution in [0.5, 0.6) is 0 Å². The molecule has 2 atom stereocenters. The van der Waals surface area contributed by atoms with Gasteiger partial charge in [0.1, 0.15) is 5.25 Å². The maximum absolute atomic E-state index is 11.6. The van der Waals surface area contributed by atoms with Crippen molar-refractivity contribution in [2.75, 3.05) is 19.3 Å². The van der Waals surface area contributed by atoms with E-state index in [0.717, 1.165) is 12.7 Å². The number of nitrogens with zero attached hydrogens (tertiary/aromatic N) is 1. The number of hydrogen-bond acceptors (Lipinski definition) is 4. The molecule has 0 saturated carbocycles. The largest absolute Gasteiger partial charge is 0.340 e. The summed E-state index contributed by atoms with van der Waals surface area (Å²) in [6.07, 6.45) is 1.83. The predicted molar refractivity (Wildman–Crippen MR) is 53.5 cm³/mol. The first-order valence-corrected chi connectivity index (χ1v) is 6.51. The van der Waals surface area contributed by atoms with Crippen molar-refractivity contribution in [1.29, 1.82) is 0 Å². The Hall–Kier alpha value is -0.620. The summed E-state index contributed by atoms with van der Waals surface area (Å²) < 4.78 is 22.3. The van der Waals surface area contributed by atoms with Crippen molar-refractivity contribution in [3.63, 3.8) is 0 Å². The zero-order valence-electron chi connectivity index (χ0n) is 8.43. The Balaban J connectivity index is 2.67. The van der Waals surface area contributed by atoms with Crippen LogP contribution in [-0.4, -0.2) is 49.9 Å². The molecule has 0 aromatic heterocycles. The molecule has 82 valence electrons. The molecule has 1 aliphatic heterocycles. The van der Waals surface area contributed by atoms with Crippen molar-refractivity contribution >= 4 is 15.7 Å². The first kappa shape index (κ1) is 11.5. The average molecular weight is 220 g/mol. The maximum Gasteiger partial charge on any atom is 0.240 e. The van der Waals surface area contributed by atoms with Gasteiger partial charge in [-0.05, 0) is 13.3 Å². The fraction of sp³-hybridized carbons (Fsp3) is 0.875.